The summed E-state index contributed by atoms with van der Waals surface area (Å²) in [6.07, 6.45) is 7.44. The van der Waals surface area contributed by atoms with E-state index < -0.39 is 0 Å². The molecule has 1 atom stereocenters. The first-order valence-electron chi connectivity index (χ1n) is 12.1. The molecule has 0 radical (unpaired) electrons. The Morgan fingerprint density at radius 1 is 1.21 bits per heavy atom. The summed E-state index contributed by atoms with van der Waals surface area (Å²) >= 11 is 6.44. The topological polar surface area (TPSA) is 59.4 Å². The second-order valence-corrected chi connectivity index (χ2v) is 9.90. The van der Waals surface area contributed by atoms with Crippen LogP contribution in [0.1, 0.15) is 58.4 Å². The average molecular weight is 477 g/mol. The Kier molecular flexibility index (Phi) is 7.91. The van der Waals surface area contributed by atoms with Gasteiger partial charge in [-0.25, -0.2) is 9.07 Å². The highest BCUT2D eigenvalue weighted by atomic mass is 35.5. The van der Waals surface area contributed by atoms with Crippen molar-refractivity contribution in [3.05, 3.63) is 51.7 Å². The minimum Gasteiger partial charge on any atom is -0.382 e. The van der Waals surface area contributed by atoms with Crippen molar-refractivity contribution in [3.63, 3.8) is 0 Å². The Morgan fingerprint density at radius 3 is 2.58 bits per heavy atom. The summed E-state index contributed by atoms with van der Waals surface area (Å²) in [6.45, 7) is 6.61. The zero-order chi connectivity index (χ0) is 23.4. The lowest BCUT2D eigenvalue weighted by molar-refractivity contribution is 0.0595. The molecular weight excluding hydrogens is 443 g/mol. The van der Waals surface area contributed by atoms with E-state index in [4.69, 9.17) is 16.3 Å². The molecule has 1 unspecified atom stereocenters. The standard InChI is InChI=1S/C25H34ClFN4O2/c1-17(2)30(20-7-5-19(27)6-8-20)21-9-11-22(12-10-21)31-25(32)24(26)23(15-29-31)28-14-18-4-3-13-33-16-18/h5-8,15,17-18,21-22,28H,3-4,9-14,16H2,1-2H3. The van der Waals surface area contributed by atoms with Gasteiger partial charge in [-0.15, -0.1) is 0 Å². The fourth-order valence-corrected chi connectivity index (χ4v) is 5.38. The molecule has 0 bridgehead atoms. The van der Waals surface area contributed by atoms with Gasteiger partial charge in [0.05, 0.1) is 24.5 Å². The molecule has 2 heterocycles. The summed E-state index contributed by atoms with van der Waals surface area (Å²) in [5.74, 6) is 0.205. The van der Waals surface area contributed by atoms with Crippen LogP contribution in [0.25, 0.3) is 0 Å². The van der Waals surface area contributed by atoms with E-state index in [0.29, 0.717) is 23.7 Å². The molecule has 1 saturated carbocycles. The smallest absolute Gasteiger partial charge is 0.287 e. The number of nitrogens with one attached hydrogen (secondary N) is 1. The quantitative estimate of drug-likeness (QED) is 0.589. The van der Waals surface area contributed by atoms with Crippen molar-refractivity contribution >= 4 is 23.0 Å². The predicted molar refractivity (Wildman–Crippen MR) is 131 cm³/mol. The highest BCUT2D eigenvalue weighted by molar-refractivity contribution is 6.32. The number of hydrogen-bond acceptors (Lipinski definition) is 5. The zero-order valence-electron chi connectivity index (χ0n) is 19.5. The molecule has 180 valence electrons. The van der Waals surface area contributed by atoms with Gasteiger partial charge in [0, 0.05) is 30.9 Å². The molecule has 1 aliphatic carbocycles. The van der Waals surface area contributed by atoms with Crippen LogP contribution in [0.2, 0.25) is 5.02 Å². The van der Waals surface area contributed by atoms with Gasteiger partial charge in [0.1, 0.15) is 10.8 Å². The normalized spacial score (nSPS) is 23.5. The van der Waals surface area contributed by atoms with Crippen molar-refractivity contribution in [2.24, 2.45) is 5.92 Å². The second kappa shape index (κ2) is 10.9. The number of rotatable bonds is 7. The maximum Gasteiger partial charge on any atom is 0.287 e. The highest BCUT2D eigenvalue weighted by Gasteiger charge is 2.30. The van der Waals surface area contributed by atoms with Crippen LogP contribution in [0.4, 0.5) is 15.8 Å². The molecule has 8 heteroatoms. The van der Waals surface area contributed by atoms with Gasteiger partial charge in [-0.1, -0.05) is 11.6 Å². The third-order valence-corrected chi connectivity index (χ3v) is 7.23. The molecule has 2 aliphatic rings. The van der Waals surface area contributed by atoms with Gasteiger partial charge >= 0.3 is 0 Å². The first kappa shape index (κ1) is 24.0. The largest absolute Gasteiger partial charge is 0.382 e. The first-order valence-corrected chi connectivity index (χ1v) is 12.4. The molecule has 4 rings (SSSR count). The number of hydrogen-bond donors (Lipinski definition) is 1. The zero-order valence-corrected chi connectivity index (χ0v) is 20.2. The molecular formula is C25H34ClFN4O2. The van der Waals surface area contributed by atoms with E-state index in [1.54, 1.807) is 10.9 Å². The molecule has 1 saturated heterocycles. The third-order valence-electron chi connectivity index (χ3n) is 6.87. The van der Waals surface area contributed by atoms with E-state index in [0.717, 1.165) is 64.0 Å². The van der Waals surface area contributed by atoms with E-state index in [9.17, 15) is 9.18 Å². The molecule has 2 fully saturated rings. The molecule has 0 spiro atoms. The van der Waals surface area contributed by atoms with E-state index in [1.807, 2.05) is 12.1 Å². The Bertz CT molecular complexity index is 967. The Labute approximate surface area is 200 Å². The number of benzene rings is 1. The Balaban J connectivity index is 1.40. The Morgan fingerprint density at radius 2 is 1.94 bits per heavy atom. The van der Waals surface area contributed by atoms with Crippen molar-refractivity contribution in [3.8, 4) is 0 Å². The fourth-order valence-electron chi connectivity index (χ4n) is 5.18. The van der Waals surface area contributed by atoms with Gasteiger partial charge in [0.25, 0.3) is 5.56 Å². The Hall–Kier alpha value is -2.12. The highest BCUT2D eigenvalue weighted by Crippen LogP contribution is 2.34. The van der Waals surface area contributed by atoms with Crippen molar-refractivity contribution < 1.29 is 9.13 Å². The van der Waals surface area contributed by atoms with Gasteiger partial charge < -0.3 is 15.0 Å². The summed E-state index contributed by atoms with van der Waals surface area (Å²) in [5, 5.41) is 7.97. The van der Waals surface area contributed by atoms with Crippen molar-refractivity contribution in [1.82, 2.24) is 9.78 Å². The number of halogens is 2. The van der Waals surface area contributed by atoms with Crippen molar-refractivity contribution in [1.29, 1.82) is 0 Å². The predicted octanol–water partition coefficient (Wildman–Crippen LogP) is 5.27. The summed E-state index contributed by atoms with van der Waals surface area (Å²) in [4.78, 5) is 15.3. The maximum absolute atomic E-state index is 13.4. The first-order chi connectivity index (χ1) is 15.9. The van der Waals surface area contributed by atoms with Crippen LogP contribution < -0.4 is 15.8 Å². The SMILES string of the molecule is CC(C)N(c1ccc(F)cc1)C1CCC(n2ncc(NCC3CCCOC3)c(Cl)c2=O)CC1. The fraction of sp³-hybridized carbons (Fsp3) is 0.600. The summed E-state index contributed by atoms with van der Waals surface area (Å²) in [7, 11) is 0. The lowest BCUT2D eigenvalue weighted by Crippen LogP contribution is -2.43. The van der Waals surface area contributed by atoms with Crippen molar-refractivity contribution in [2.75, 3.05) is 30.0 Å². The lowest BCUT2D eigenvalue weighted by Gasteiger charge is -2.41. The number of anilines is 2. The maximum atomic E-state index is 13.4. The van der Waals surface area contributed by atoms with E-state index in [-0.39, 0.29) is 22.4 Å². The van der Waals surface area contributed by atoms with Gasteiger partial charge in [0.2, 0.25) is 0 Å². The lowest BCUT2D eigenvalue weighted by atomic mass is 9.89. The average Bonchev–Trinajstić information content (AvgIpc) is 2.82. The monoisotopic (exact) mass is 476 g/mol. The van der Waals surface area contributed by atoms with Crippen LogP contribution in [-0.4, -0.2) is 41.6 Å². The van der Waals surface area contributed by atoms with Crippen LogP contribution in [0.3, 0.4) is 0 Å². The molecule has 6 nitrogen and oxygen atoms in total. The van der Waals surface area contributed by atoms with Gasteiger partial charge in [0.15, 0.2) is 0 Å². The number of aromatic nitrogens is 2. The van der Waals surface area contributed by atoms with Crippen LogP contribution >= 0.6 is 11.6 Å². The second-order valence-electron chi connectivity index (χ2n) is 9.53. The molecule has 1 aromatic heterocycles. The molecule has 1 aliphatic heterocycles. The van der Waals surface area contributed by atoms with Crippen LogP contribution in [0.15, 0.2) is 35.3 Å². The van der Waals surface area contributed by atoms with Crippen molar-refractivity contribution in [2.45, 2.75) is 70.5 Å². The molecule has 1 aromatic carbocycles. The third kappa shape index (κ3) is 5.69. The molecule has 0 amide bonds. The van der Waals surface area contributed by atoms with Gasteiger partial charge in [-0.05, 0) is 82.6 Å². The number of nitrogens with zero attached hydrogens (tertiary/aromatic N) is 3. The van der Waals surface area contributed by atoms with Crippen LogP contribution in [0, 0.1) is 11.7 Å². The summed E-state index contributed by atoms with van der Waals surface area (Å²) < 4.78 is 20.5. The molecule has 2 aromatic rings. The van der Waals surface area contributed by atoms with E-state index >= 15 is 0 Å². The van der Waals surface area contributed by atoms with E-state index in [1.165, 1.54) is 12.1 Å². The minimum atomic E-state index is -0.232. The van der Waals surface area contributed by atoms with Gasteiger partial charge in [-0.3, -0.25) is 4.79 Å². The number of ether oxygens (including phenoxy) is 1. The van der Waals surface area contributed by atoms with Crippen LogP contribution in [0.5, 0.6) is 0 Å². The molecule has 1 N–H and O–H groups in total. The summed E-state index contributed by atoms with van der Waals surface area (Å²) in [5.41, 5.74) is 1.40. The molecule has 33 heavy (non-hydrogen) atoms. The van der Waals surface area contributed by atoms with Gasteiger partial charge in [-0.2, -0.15) is 5.10 Å². The van der Waals surface area contributed by atoms with E-state index in [2.05, 4.69) is 29.2 Å². The van der Waals surface area contributed by atoms with Crippen LogP contribution in [-0.2, 0) is 4.74 Å². The minimum absolute atomic E-state index is 0.0364. The summed E-state index contributed by atoms with van der Waals surface area (Å²) in [6, 6.07) is 7.40.